The molecular formula is C30H31NO11. The van der Waals surface area contributed by atoms with Crippen molar-refractivity contribution < 1.29 is 54.1 Å². The number of ketones is 2. The summed E-state index contributed by atoms with van der Waals surface area (Å²) in [5, 5.41) is 52.4. The highest BCUT2D eigenvalue weighted by atomic mass is 16.7. The first-order chi connectivity index (χ1) is 20.0. The Labute approximate surface area is 240 Å². The summed E-state index contributed by atoms with van der Waals surface area (Å²) < 4.78 is 16.9. The van der Waals surface area contributed by atoms with E-state index in [0.29, 0.717) is 12.1 Å². The molecule has 0 radical (unpaired) electrons. The number of aromatic hydroxyl groups is 1. The van der Waals surface area contributed by atoms with E-state index < -0.39 is 54.0 Å². The number of phenols is 1. The predicted octanol–water partition coefficient (Wildman–Crippen LogP) is 0.777. The number of fused-ring (bicyclic) bond motifs is 2. The first kappa shape index (κ1) is 29.5. The number of carbonyl (C=O) groups excluding carboxylic acids is 3. The number of ether oxygens (including phenoxy) is 3. The van der Waals surface area contributed by atoms with E-state index >= 15 is 0 Å². The molecule has 2 heterocycles. The first-order valence-corrected chi connectivity index (χ1v) is 13.5. The molecule has 12 nitrogen and oxygen atoms in total. The van der Waals surface area contributed by atoms with Crippen LogP contribution in [0.15, 0.2) is 34.8 Å². The summed E-state index contributed by atoms with van der Waals surface area (Å²) in [6.07, 6.45) is -3.55. The fourth-order valence-corrected chi connectivity index (χ4v) is 5.44. The van der Waals surface area contributed by atoms with Gasteiger partial charge < -0.3 is 39.7 Å². The lowest BCUT2D eigenvalue weighted by atomic mass is 9.78. The standard InChI is InChI=1S/C30H31NO11/c1-13-23(34)27(38)28(39)30(40-13)42-29-18(4-3-9-32)25(36)22-21(20(29)10-15-7-8-31-12-15)26(37)19-11-16(41-14(2)33)5-6-17(19)24(22)35/h5-7,11-13,23,27-28,30,32,34,36,38-39H,3-4,8-10H2,1-2H3/t13-,23+,27+,28+,30+/m0/s1. The Morgan fingerprint density at radius 1 is 1.05 bits per heavy atom. The number of aliphatic hydroxyl groups is 4. The van der Waals surface area contributed by atoms with Crippen LogP contribution in [0.2, 0.25) is 0 Å². The largest absolute Gasteiger partial charge is 0.507 e. The molecule has 1 fully saturated rings. The van der Waals surface area contributed by atoms with E-state index in [9.17, 15) is 39.9 Å². The fraction of sp³-hybridized carbons (Fsp3) is 0.400. The van der Waals surface area contributed by atoms with Crippen LogP contribution >= 0.6 is 0 Å². The molecule has 0 spiro atoms. The Kier molecular flexibility index (Phi) is 8.26. The zero-order valence-electron chi connectivity index (χ0n) is 22.9. The third-order valence-electron chi connectivity index (χ3n) is 7.54. The molecule has 0 amide bonds. The Morgan fingerprint density at radius 2 is 1.79 bits per heavy atom. The zero-order chi connectivity index (χ0) is 30.3. The van der Waals surface area contributed by atoms with Gasteiger partial charge in [0.05, 0.1) is 18.2 Å². The summed E-state index contributed by atoms with van der Waals surface area (Å²) in [7, 11) is 0. The maximum atomic E-state index is 14.1. The number of nitrogens with zero attached hydrogens (tertiary/aromatic N) is 1. The molecule has 2 aromatic carbocycles. The summed E-state index contributed by atoms with van der Waals surface area (Å²) in [6, 6.07) is 4.01. The molecule has 5 atom stereocenters. The van der Waals surface area contributed by atoms with E-state index in [1.54, 1.807) is 6.21 Å². The van der Waals surface area contributed by atoms with Gasteiger partial charge in [-0.15, -0.1) is 0 Å². The highest BCUT2D eigenvalue weighted by Gasteiger charge is 2.45. The minimum atomic E-state index is -1.70. The lowest BCUT2D eigenvalue weighted by Gasteiger charge is -2.39. The average molecular weight is 582 g/mol. The van der Waals surface area contributed by atoms with Gasteiger partial charge in [0, 0.05) is 54.0 Å². The van der Waals surface area contributed by atoms with E-state index in [2.05, 4.69) is 4.99 Å². The average Bonchev–Trinajstić information content (AvgIpc) is 3.47. The number of allylic oxidation sites excluding steroid dienone is 1. The smallest absolute Gasteiger partial charge is 0.308 e. The van der Waals surface area contributed by atoms with Crippen LogP contribution in [0.3, 0.4) is 0 Å². The Hall–Kier alpha value is -3.94. The lowest BCUT2D eigenvalue weighted by molar-refractivity contribution is -0.268. The number of carbonyl (C=O) groups is 3. The van der Waals surface area contributed by atoms with Crippen molar-refractivity contribution in [2.75, 3.05) is 13.2 Å². The molecule has 12 heteroatoms. The number of phenolic OH excluding ortho intramolecular Hbond substituents is 1. The van der Waals surface area contributed by atoms with Crippen molar-refractivity contribution in [2.24, 2.45) is 4.99 Å². The molecule has 5 N–H and O–H groups in total. The van der Waals surface area contributed by atoms with Crippen LogP contribution in [0.1, 0.15) is 63.2 Å². The molecule has 0 aromatic heterocycles. The van der Waals surface area contributed by atoms with E-state index in [1.807, 2.05) is 6.08 Å². The predicted molar refractivity (Wildman–Crippen MR) is 146 cm³/mol. The van der Waals surface area contributed by atoms with Crippen molar-refractivity contribution in [2.45, 2.75) is 63.8 Å². The van der Waals surface area contributed by atoms with Crippen molar-refractivity contribution in [1.29, 1.82) is 0 Å². The van der Waals surface area contributed by atoms with Gasteiger partial charge in [0.25, 0.3) is 0 Å². The molecule has 1 saturated heterocycles. The third-order valence-corrected chi connectivity index (χ3v) is 7.54. The number of esters is 1. The van der Waals surface area contributed by atoms with Crippen LogP contribution < -0.4 is 9.47 Å². The normalized spacial score (nSPS) is 24.7. The number of aliphatic hydroxyl groups excluding tert-OH is 4. The maximum absolute atomic E-state index is 14.1. The summed E-state index contributed by atoms with van der Waals surface area (Å²) in [5.41, 5.74) is 0.552. The van der Waals surface area contributed by atoms with Crippen LogP contribution in [0.5, 0.6) is 17.2 Å². The molecule has 2 aliphatic heterocycles. The molecule has 3 aliphatic rings. The first-order valence-electron chi connectivity index (χ1n) is 13.5. The molecule has 0 bridgehead atoms. The van der Waals surface area contributed by atoms with E-state index in [0.717, 1.165) is 0 Å². The van der Waals surface area contributed by atoms with Crippen molar-refractivity contribution in [1.82, 2.24) is 0 Å². The van der Waals surface area contributed by atoms with E-state index in [-0.39, 0.29) is 70.7 Å². The SMILES string of the molecule is CC(=O)Oc1ccc2c(c1)C(=O)c1c(CC3=CCN=C3)c(O[C@H]3O[C@@H](C)[C@@H](O)[C@@H](O)[C@H]3O)c(CCCO)c(O)c1C2=O. The quantitative estimate of drug-likeness (QED) is 0.186. The molecule has 42 heavy (non-hydrogen) atoms. The molecule has 5 rings (SSSR count). The van der Waals surface area contributed by atoms with Gasteiger partial charge >= 0.3 is 5.97 Å². The second-order valence-electron chi connectivity index (χ2n) is 10.4. The Morgan fingerprint density at radius 3 is 2.45 bits per heavy atom. The van der Waals surface area contributed by atoms with Gasteiger partial charge in [0.2, 0.25) is 6.29 Å². The van der Waals surface area contributed by atoms with Crippen LogP contribution in [0.25, 0.3) is 0 Å². The maximum Gasteiger partial charge on any atom is 0.308 e. The number of benzene rings is 2. The summed E-state index contributed by atoms with van der Waals surface area (Å²) >= 11 is 0. The fourth-order valence-electron chi connectivity index (χ4n) is 5.44. The Balaban J connectivity index is 1.73. The van der Waals surface area contributed by atoms with Crippen molar-refractivity contribution >= 4 is 23.8 Å². The summed E-state index contributed by atoms with van der Waals surface area (Å²) in [5.74, 6) is -2.44. The topological polar surface area (TPSA) is 192 Å². The highest BCUT2D eigenvalue weighted by molar-refractivity contribution is 6.30. The zero-order valence-corrected chi connectivity index (χ0v) is 22.9. The molecule has 222 valence electrons. The van der Waals surface area contributed by atoms with Gasteiger partial charge in [0.15, 0.2) is 11.6 Å². The molecule has 1 aliphatic carbocycles. The minimum Gasteiger partial charge on any atom is -0.507 e. The van der Waals surface area contributed by atoms with E-state index in [4.69, 9.17) is 14.2 Å². The van der Waals surface area contributed by atoms with E-state index in [1.165, 1.54) is 32.0 Å². The molecule has 0 unspecified atom stereocenters. The van der Waals surface area contributed by atoms with Gasteiger partial charge in [0.1, 0.15) is 35.6 Å². The van der Waals surface area contributed by atoms with Gasteiger partial charge in [-0.2, -0.15) is 0 Å². The van der Waals surface area contributed by atoms with Gasteiger partial charge in [-0.05, 0) is 43.5 Å². The second kappa shape index (κ2) is 11.7. The molecular weight excluding hydrogens is 550 g/mol. The van der Waals surface area contributed by atoms with Gasteiger partial charge in [-0.3, -0.25) is 19.4 Å². The highest BCUT2D eigenvalue weighted by Crippen LogP contribution is 2.46. The van der Waals surface area contributed by atoms with Gasteiger partial charge in [-0.25, -0.2) is 0 Å². The lowest BCUT2D eigenvalue weighted by Crippen LogP contribution is -2.58. The summed E-state index contributed by atoms with van der Waals surface area (Å²) in [4.78, 5) is 43.7. The van der Waals surface area contributed by atoms with Crippen molar-refractivity contribution in [3.8, 4) is 17.2 Å². The number of hydrogen-bond acceptors (Lipinski definition) is 12. The van der Waals surface area contributed by atoms with Crippen molar-refractivity contribution in [3.63, 3.8) is 0 Å². The third kappa shape index (κ3) is 5.23. The minimum absolute atomic E-state index is 0.00467. The number of aliphatic imine (C=N–C) groups is 1. The Bertz CT molecular complexity index is 1510. The van der Waals surface area contributed by atoms with Crippen LogP contribution in [-0.2, 0) is 22.4 Å². The van der Waals surface area contributed by atoms with Crippen LogP contribution in [0, 0.1) is 0 Å². The molecule has 0 saturated carbocycles. The number of hydrogen-bond donors (Lipinski definition) is 5. The van der Waals surface area contributed by atoms with Crippen LogP contribution in [-0.4, -0.2) is 93.1 Å². The van der Waals surface area contributed by atoms with Crippen LogP contribution in [0.4, 0.5) is 0 Å². The van der Waals surface area contributed by atoms with Gasteiger partial charge in [-0.1, -0.05) is 6.08 Å². The number of rotatable bonds is 8. The molecule has 2 aromatic rings. The monoisotopic (exact) mass is 581 g/mol. The summed E-state index contributed by atoms with van der Waals surface area (Å²) in [6.45, 7) is 2.82. The second-order valence-corrected chi connectivity index (χ2v) is 10.4. The van der Waals surface area contributed by atoms with Crippen molar-refractivity contribution in [3.05, 3.63) is 63.2 Å².